The van der Waals surface area contributed by atoms with Gasteiger partial charge in [-0.25, -0.2) is 14.4 Å². The van der Waals surface area contributed by atoms with E-state index in [1.54, 1.807) is 36.4 Å². The molecule has 3 aromatic carbocycles. The van der Waals surface area contributed by atoms with E-state index in [1.807, 2.05) is 24.3 Å². The lowest BCUT2D eigenvalue weighted by Gasteiger charge is -2.05. The van der Waals surface area contributed by atoms with Crippen molar-refractivity contribution in [2.45, 2.75) is 6.42 Å². The van der Waals surface area contributed by atoms with Crippen molar-refractivity contribution in [2.24, 2.45) is 0 Å². The normalized spacial score (nSPS) is 11.1. The molecule has 0 unspecified atom stereocenters. The van der Waals surface area contributed by atoms with Gasteiger partial charge in [-0.3, -0.25) is 9.78 Å². The third kappa shape index (κ3) is 3.48. The minimum absolute atomic E-state index is 0.235. The van der Waals surface area contributed by atoms with E-state index in [2.05, 4.69) is 25.3 Å². The molecule has 0 saturated carbocycles. The molecule has 0 spiro atoms. The molecule has 2 aromatic heterocycles. The number of anilines is 1. The van der Waals surface area contributed by atoms with Crippen LogP contribution in [0.25, 0.3) is 22.1 Å². The van der Waals surface area contributed by atoms with Gasteiger partial charge in [-0.2, -0.15) is 0 Å². The molecule has 5 rings (SSSR count). The van der Waals surface area contributed by atoms with Crippen LogP contribution in [0.2, 0.25) is 0 Å². The first-order valence-electron chi connectivity index (χ1n) is 9.41. The summed E-state index contributed by atoms with van der Waals surface area (Å²) >= 11 is 0. The van der Waals surface area contributed by atoms with Crippen LogP contribution in [0.5, 0.6) is 0 Å². The van der Waals surface area contributed by atoms with Crippen molar-refractivity contribution >= 4 is 33.7 Å². The predicted molar refractivity (Wildman–Crippen MR) is 113 cm³/mol. The van der Waals surface area contributed by atoms with Crippen molar-refractivity contribution in [3.8, 4) is 0 Å². The molecule has 2 heterocycles. The number of aromatic nitrogens is 4. The molecule has 0 aliphatic heterocycles. The Bertz CT molecular complexity index is 1400. The van der Waals surface area contributed by atoms with Gasteiger partial charge in [0.15, 0.2) is 0 Å². The number of benzene rings is 3. The van der Waals surface area contributed by atoms with E-state index in [0.717, 1.165) is 16.6 Å². The molecule has 0 atom stereocenters. The van der Waals surface area contributed by atoms with E-state index in [1.165, 1.54) is 12.3 Å². The van der Waals surface area contributed by atoms with Gasteiger partial charge in [-0.15, -0.1) is 0 Å². The molecule has 5 aromatic rings. The van der Waals surface area contributed by atoms with Crippen molar-refractivity contribution in [3.63, 3.8) is 0 Å². The molecule has 6 nitrogen and oxygen atoms in total. The SMILES string of the molecule is O=C(Nc1ccc2nc(Cc3ccccc3F)[nH]c2c1)c1cnc2ccccc2n1. The number of carbonyl (C=O) groups is 1. The third-order valence-electron chi connectivity index (χ3n) is 4.79. The number of rotatable bonds is 4. The lowest BCUT2D eigenvalue weighted by atomic mass is 10.1. The fourth-order valence-corrected chi connectivity index (χ4v) is 3.31. The molecular formula is C23H16FN5O. The summed E-state index contributed by atoms with van der Waals surface area (Å²) in [5.41, 5.74) is 4.29. The van der Waals surface area contributed by atoms with Crippen LogP contribution >= 0.6 is 0 Å². The smallest absolute Gasteiger partial charge is 0.275 e. The van der Waals surface area contributed by atoms with Crippen LogP contribution in [0.4, 0.5) is 10.1 Å². The molecule has 0 bridgehead atoms. The Balaban J connectivity index is 1.38. The Morgan fingerprint density at radius 3 is 2.60 bits per heavy atom. The van der Waals surface area contributed by atoms with Gasteiger partial charge in [0.05, 0.1) is 28.3 Å². The van der Waals surface area contributed by atoms with Gasteiger partial charge in [0.2, 0.25) is 0 Å². The second-order valence-electron chi connectivity index (χ2n) is 6.88. The number of halogens is 1. The average molecular weight is 397 g/mol. The van der Waals surface area contributed by atoms with Crippen LogP contribution in [0, 0.1) is 5.82 Å². The van der Waals surface area contributed by atoms with Gasteiger partial charge in [0.1, 0.15) is 17.3 Å². The fourth-order valence-electron chi connectivity index (χ4n) is 3.31. The first kappa shape index (κ1) is 17.9. The average Bonchev–Trinajstić information content (AvgIpc) is 3.16. The van der Waals surface area contributed by atoms with Crippen molar-refractivity contribution < 1.29 is 9.18 Å². The molecule has 30 heavy (non-hydrogen) atoms. The molecule has 0 saturated heterocycles. The van der Waals surface area contributed by atoms with E-state index < -0.39 is 0 Å². The summed E-state index contributed by atoms with van der Waals surface area (Å²) in [5.74, 6) is 0.0417. The van der Waals surface area contributed by atoms with Gasteiger partial charge in [0.25, 0.3) is 5.91 Å². The third-order valence-corrected chi connectivity index (χ3v) is 4.79. The Hall–Kier alpha value is -4.13. The Morgan fingerprint density at radius 2 is 1.73 bits per heavy atom. The molecular weight excluding hydrogens is 381 g/mol. The van der Waals surface area contributed by atoms with Gasteiger partial charge < -0.3 is 10.3 Å². The van der Waals surface area contributed by atoms with Crippen molar-refractivity contribution in [2.75, 3.05) is 5.32 Å². The largest absolute Gasteiger partial charge is 0.342 e. The van der Waals surface area contributed by atoms with Crippen LogP contribution in [0.15, 0.2) is 72.9 Å². The number of amides is 1. The second kappa shape index (κ2) is 7.36. The number of hydrogen-bond acceptors (Lipinski definition) is 4. The first-order chi connectivity index (χ1) is 14.7. The highest BCUT2D eigenvalue weighted by molar-refractivity contribution is 6.04. The molecule has 0 aliphatic carbocycles. The zero-order valence-corrected chi connectivity index (χ0v) is 15.8. The maximum absolute atomic E-state index is 13.9. The molecule has 0 radical (unpaired) electrons. The van der Waals surface area contributed by atoms with E-state index in [-0.39, 0.29) is 17.4 Å². The van der Waals surface area contributed by atoms with Crippen LogP contribution in [-0.2, 0) is 6.42 Å². The quantitative estimate of drug-likeness (QED) is 0.468. The molecule has 7 heteroatoms. The number of aromatic amines is 1. The van der Waals surface area contributed by atoms with E-state index in [9.17, 15) is 9.18 Å². The van der Waals surface area contributed by atoms with Crippen molar-refractivity contribution in [1.29, 1.82) is 0 Å². The molecule has 0 aliphatic rings. The summed E-state index contributed by atoms with van der Waals surface area (Å²) < 4.78 is 13.9. The topological polar surface area (TPSA) is 83.6 Å². The fraction of sp³-hybridized carbons (Fsp3) is 0.0435. The second-order valence-corrected chi connectivity index (χ2v) is 6.88. The summed E-state index contributed by atoms with van der Waals surface area (Å²) in [6.07, 6.45) is 1.81. The number of nitrogens with one attached hydrogen (secondary N) is 2. The van der Waals surface area contributed by atoms with Crippen LogP contribution in [0.1, 0.15) is 21.9 Å². The van der Waals surface area contributed by atoms with Gasteiger partial charge >= 0.3 is 0 Å². The number of imidazole rings is 1. The minimum Gasteiger partial charge on any atom is -0.342 e. The highest BCUT2D eigenvalue weighted by Gasteiger charge is 2.12. The zero-order chi connectivity index (χ0) is 20.5. The lowest BCUT2D eigenvalue weighted by Crippen LogP contribution is -2.14. The standard InChI is InChI=1S/C23H16FN5O/c24-16-6-2-1-5-14(16)11-22-28-19-10-9-15(12-20(19)29-22)26-23(30)21-13-25-17-7-3-4-8-18(17)27-21/h1-10,12-13H,11H2,(H,26,30)(H,28,29). The number of fused-ring (bicyclic) bond motifs is 2. The van der Waals surface area contributed by atoms with Gasteiger partial charge in [-0.05, 0) is 42.0 Å². The van der Waals surface area contributed by atoms with Crippen LogP contribution < -0.4 is 5.32 Å². The van der Waals surface area contributed by atoms with Crippen molar-refractivity contribution in [3.05, 3.63) is 95.8 Å². The number of para-hydroxylation sites is 2. The highest BCUT2D eigenvalue weighted by atomic mass is 19.1. The summed E-state index contributed by atoms with van der Waals surface area (Å²) in [7, 11) is 0. The summed E-state index contributed by atoms with van der Waals surface area (Å²) in [5, 5.41) is 2.83. The number of hydrogen-bond donors (Lipinski definition) is 2. The molecule has 0 fully saturated rings. The lowest BCUT2D eigenvalue weighted by molar-refractivity contribution is 0.102. The summed E-state index contributed by atoms with van der Waals surface area (Å²) in [6, 6.07) is 19.4. The maximum Gasteiger partial charge on any atom is 0.275 e. The Kier molecular flexibility index (Phi) is 4.40. The zero-order valence-electron chi connectivity index (χ0n) is 15.8. The van der Waals surface area contributed by atoms with E-state index in [4.69, 9.17) is 0 Å². The first-order valence-corrected chi connectivity index (χ1v) is 9.41. The van der Waals surface area contributed by atoms with E-state index >= 15 is 0 Å². The minimum atomic E-state index is -0.348. The molecule has 2 N–H and O–H groups in total. The molecule has 1 amide bonds. The maximum atomic E-state index is 13.9. The van der Waals surface area contributed by atoms with Crippen LogP contribution in [-0.4, -0.2) is 25.8 Å². The van der Waals surface area contributed by atoms with E-state index in [0.29, 0.717) is 29.0 Å². The number of carbonyl (C=O) groups excluding carboxylic acids is 1. The number of nitrogens with zero attached hydrogens (tertiary/aromatic N) is 3. The summed E-state index contributed by atoms with van der Waals surface area (Å²) in [4.78, 5) is 28.9. The Morgan fingerprint density at radius 1 is 0.933 bits per heavy atom. The van der Waals surface area contributed by atoms with Gasteiger partial charge in [-0.1, -0.05) is 30.3 Å². The van der Waals surface area contributed by atoms with Crippen LogP contribution in [0.3, 0.4) is 0 Å². The highest BCUT2D eigenvalue weighted by Crippen LogP contribution is 2.20. The predicted octanol–water partition coefficient (Wildman–Crippen LogP) is 4.49. The monoisotopic (exact) mass is 397 g/mol. The summed E-state index contributed by atoms with van der Waals surface area (Å²) in [6.45, 7) is 0. The number of H-pyrrole nitrogens is 1. The van der Waals surface area contributed by atoms with Crippen molar-refractivity contribution in [1.82, 2.24) is 19.9 Å². The molecule has 146 valence electrons. The van der Waals surface area contributed by atoms with Gasteiger partial charge in [0, 0.05) is 12.1 Å². The Labute approximate surface area is 170 Å².